The van der Waals surface area contributed by atoms with E-state index in [1.54, 1.807) is 12.4 Å². The predicted octanol–water partition coefficient (Wildman–Crippen LogP) is 2.33. The van der Waals surface area contributed by atoms with Crippen molar-refractivity contribution >= 4 is 11.0 Å². The highest BCUT2D eigenvalue weighted by molar-refractivity contribution is 5.77. The molecule has 0 fully saturated rings. The smallest absolute Gasteiger partial charge is 0.0924 e. The number of benzene rings is 1. The Labute approximate surface area is 92.4 Å². The number of aryl methyl sites for hydroxylation is 1. The van der Waals surface area contributed by atoms with Gasteiger partial charge in [0.15, 0.2) is 0 Å². The van der Waals surface area contributed by atoms with Crippen molar-refractivity contribution in [2.24, 2.45) is 0 Å². The number of fused-ring (bicyclic) bond motifs is 1. The van der Waals surface area contributed by atoms with Crippen LogP contribution in [0.3, 0.4) is 0 Å². The van der Waals surface area contributed by atoms with Crippen LogP contribution in [0.1, 0.15) is 5.56 Å². The lowest BCUT2D eigenvalue weighted by molar-refractivity contribution is 1.09. The minimum absolute atomic E-state index is 0.840. The highest BCUT2D eigenvalue weighted by Gasteiger charge is 2.03. The second-order valence-electron chi connectivity index (χ2n) is 3.73. The van der Waals surface area contributed by atoms with E-state index in [4.69, 9.17) is 0 Å². The number of rotatable bonds is 1. The van der Waals surface area contributed by atoms with E-state index >= 15 is 0 Å². The summed E-state index contributed by atoms with van der Waals surface area (Å²) in [6, 6.07) is 6.05. The lowest BCUT2D eigenvalue weighted by Gasteiger charge is -2.00. The molecular formula is C12H10N4. The molecule has 0 saturated carbocycles. The third-order valence-corrected chi connectivity index (χ3v) is 2.49. The molecule has 3 aromatic rings. The van der Waals surface area contributed by atoms with Crippen molar-refractivity contribution in [3.8, 4) is 11.3 Å². The Bertz CT molecular complexity index is 629. The molecule has 0 atom stereocenters. The number of aromatic amines is 1. The first-order valence-electron chi connectivity index (χ1n) is 5.05. The number of hydrogen-bond acceptors (Lipinski definition) is 3. The van der Waals surface area contributed by atoms with Gasteiger partial charge in [0.1, 0.15) is 0 Å². The molecular weight excluding hydrogens is 200 g/mol. The van der Waals surface area contributed by atoms with Crippen molar-refractivity contribution in [3.63, 3.8) is 0 Å². The van der Waals surface area contributed by atoms with Gasteiger partial charge in [0, 0.05) is 11.8 Å². The number of hydrogen-bond donors (Lipinski definition) is 1. The molecule has 2 aromatic heterocycles. The molecule has 0 aliphatic carbocycles. The Morgan fingerprint density at radius 2 is 2.06 bits per heavy atom. The zero-order valence-electron chi connectivity index (χ0n) is 8.81. The Morgan fingerprint density at radius 1 is 1.12 bits per heavy atom. The van der Waals surface area contributed by atoms with E-state index in [1.807, 2.05) is 31.3 Å². The van der Waals surface area contributed by atoms with E-state index in [2.05, 4.69) is 20.2 Å². The van der Waals surface area contributed by atoms with Crippen LogP contribution in [0, 0.1) is 6.92 Å². The van der Waals surface area contributed by atoms with Gasteiger partial charge in [-0.25, -0.2) is 4.98 Å². The second kappa shape index (κ2) is 3.41. The molecule has 1 aromatic carbocycles. The Hall–Kier alpha value is -2.23. The van der Waals surface area contributed by atoms with Crippen molar-refractivity contribution in [2.75, 3.05) is 0 Å². The van der Waals surface area contributed by atoms with Crippen molar-refractivity contribution in [3.05, 3.63) is 42.4 Å². The quantitative estimate of drug-likeness (QED) is 0.670. The molecule has 4 nitrogen and oxygen atoms in total. The fourth-order valence-corrected chi connectivity index (χ4v) is 1.65. The lowest BCUT2D eigenvalue weighted by Crippen LogP contribution is -1.88. The molecule has 0 unspecified atom stereocenters. The Balaban J connectivity index is 2.22. The molecule has 0 bridgehead atoms. The first-order chi connectivity index (χ1) is 7.83. The van der Waals surface area contributed by atoms with E-state index < -0.39 is 0 Å². The topological polar surface area (TPSA) is 54.5 Å². The van der Waals surface area contributed by atoms with Gasteiger partial charge in [0.25, 0.3) is 0 Å². The summed E-state index contributed by atoms with van der Waals surface area (Å²) in [6.45, 7) is 2.05. The van der Waals surface area contributed by atoms with Gasteiger partial charge in [-0.05, 0) is 24.6 Å². The first kappa shape index (κ1) is 9.03. The van der Waals surface area contributed by atoms with Gasteiger partial charge in [-0.1, -0.05) is 6.07 Å². The summed E-state index contributed by atoms with van der Waals surface area (Å²) in [4.78, 5) is 8.93. The Morgan fingerprint density at radius 3 is 2.88 bits per heavy atom. The van der Waals surface area contributed by atoms with Gasteiger partial charge >= 0.3 is 0 Å². The van der Waals surface area contributed by atoms with E-state index in [1.165, 1.54) is 5.56 Å². The largest absolute Gasteiger partial charge is 0.285 e. The molecule has 78 valence electrons. The summed E-state index contributed by atoms with van der Waals surface area (Å²) in [7, 11) is 0. The summed E-state index contributed by atoms with van der Waals surface area (Å²) in [5, 5.41) is 6.67. The van der Waals surface area contributed by atoms with E-state index in [9.17, 15) is 0 Å². The van der Waals surface area contributed by atoms with Crippen LogP contribution >= 0.6 is 0 Å². The average molecular weight is 210 g/mol. The van der Waals surface area contributed by atoms with Gasteiger partial charge < -0.3 is 0 Å². The summed E-state index contributed by atoms with van der Waals surface area (Å²) >= 11 is 0. The minimum atomic E-state index is 0.840. The maximum atomic E-state index is 4.56. The van der Waals surface area contributed by atoms with Crippen LogP contribution in [0.25, 0.3) is 22.3 Å². The van der Waals surface area contributed by atoms with Crippen LogP contribution in [0.15, 0.2) is 36.8 Å². The fourth-order valence-electron chi connectivity index (χ4n) is 1.65. The number of nitrogens with zero attached hydrogens (tertiary/aromatic N) is 3. The highest BCUT2D eigenvalue weighted by Crippen LogP contribution is 2.18. The van der Waals surface area contributed by atoms with Crippen molar-refractivity contribution < 1.29 is 0 Å². The lowest BCUT2D eigenvalue weighted by atomic mass is 10.2. The third-order valence-electron chi connectivity index (χ3n) is 2.49. The zero-order valence-corrected chi connectivity index (χ0v) is 8.81. The predicted molar refractivity (Wildman–Crippen MR) is 61.9 cm³/mol. The maximum absolute atomic E-state index is 4.56. The summed E-state index contributed by atoms with van der Waals surface area (Å²) in [5.74, 6) is 0. The second-order valence-corrected chi connectivity index (χ2v) is 3.73. The molecule has 16 heavy (non-hydrogen) atoms. The highest BCUT2D eigenvalue weighted by atomic mass is 15.1. The van der Waals surface area contributed by atoms with Crippen molar-refractivity contribution in [1.82, 2.24) is 20.2 Å². The number of aromatic nitrogens is 4. The molecule has 0 radical (unpaired) electrons. The van der Waals surface area contributed by atoms with E-state index in [0.717, 1.165) is 22.3 Å². The van der Waals surface area contributed by atoms with Crippen molar-refractivity contribution in [2.45, 2.75) is 6.92 Å². The van der Waals surface area contributed by atoms with Gasteiger partial charge in [-0.2, -0.15) is 5.10 Å². The van der Waals surface area contributed by atoms with Gasteiger partial charge in [-0.3, -0.25) is 10.1 Å². The first-order valence-corrected chi connectivity index (χ1v) is 5.05. The molecule has 0 aliphatic heterocycles. The number of nitrogens with one attached hydrogen (secondary N) is 1. The van der Waals surface area contributed by atoms with Crippen LogP contribution in [0.4, 0.5) is 0 Å². The van der Waals surface area contributed by atoms with Gasteiger partial charge in [-0.15, -0.1) is 0 Å². The monoisotopic (exact) mass is 210 g/mol. The van der Waals surface area contributed by atoms with Crippen LogP contribution in [0.2, 0.25) is 0 Å². The molecule has 0 spiro atoms. The third kappa shape index (κ3) is 1.44. The molecule has 2 heterocycles. The summed E-state index contributed by atoms with van der Waals surface area (Å²) in [5.41, 5.74) is 4.81. The zero-order chi connectivity index (χ0) is 11.0. The van der Waals surface area contributed by atoms with Crippen LogP contribution in [-0.2, 0) is 0 Å². The standard InChI is InChI=1S/C12H10N4/c1-8-2-3-10-11(4-8)16-12(7-13-10)9-5-14-15-6-9/h2-7H,1H3,(H,14,15). The minimum Gasteiger partial charge on any atom is -0.285 e. The van der Waals surface area contributed by atoms with Gasteiger partial charge in [0.2, 0.25) is 0 Å². The van der Waals surface area contributed by atoms with Crippen LogP contribution in [-0.4, -0.2) is 20.2 Å². The molecule has 3 rings (SSSR count). The number of H-pyrrole nitrogens is 1. The van der Waals surface area contributed by atoms with E-state index in [-0.39, 0.29) is 0 Å². The van der Waals surface area contributed by atoms with Crippen LogP contribution < -0.4 is 0 Å². The maximum Gasteiger partial charge on any atom is 0.0924 e. The summed E-state index contributed by atoms with van der Waals surface area (Å²) < 4.78 is 0. The average Bonchev–Trinajstić information content (AvgIpc) is 2.81. The van der Waals surface area contributed by atoms with Crippen molar-refractivity contribution in [1.29, 1.82) is 0 Å². The molecule has 0 aliphatic rings. The van der Waals surface area contributed by atoms with Gasteiger partial charge in [0.05, 0.1) is 29.1 Å². The Kier molecular flexibility index (Phi) is 1.93. The SMILES string of the molecule is Cc1ccc2ncc(-c3cn[nH]c3)nc2c1. The fraction of sp³-hybridized carbons (Fsp3) is 0.0833. The molecule has 0 amide bonds. The molecule has 0 saturated heterocycles. The van der Waals surface area contributed by atoms with E-state index in [0.29, 0.717) is 0 Å². The summed E-state index contributed by atoms with van der Waals surface area (Å²) in [6.07, 6.45) is 5.32. The normalized spacial score (nSPS) is 10.8. The van der Waals surface area contributed by atoms with Crippen LogP contribution in [0.5, 0.6) is 0 Å². The molecule has 4 heteroatoms. The molecule has 1 N–H and O–H groups in total.